The van der Waals surface area contributed by atoms with E-state index in [2.05, 4.69) is 16.9 Å². The number of hydrogen-bond acceptors (Lipinski definition) is 3. The number of nitrogens with one attached hydrogen (secondary N) is 1. The molecule has 1 heterocycles. The Balaban J connectivity index is 1.77. The van der Waals surface area contributed by atoms with E-state index in [4.69, 9.17) is 4.74 Å². The molecule has 1 aromatic carbocycles. The molecule has 112 valence electrons. The monoisotopic (exact) mass is 287 g/mol. The summed E-state index contributed by atoms with van der Waals surface area (Å²) in [6.45, 7) is 4.97. The van der Waals surface area contributed by atoms with Crippen molar-refractivity contribution in [1.82, 2.24) is 14.9 Å². The first kappa shape index (κ1) is 15.1. The van der Waals surface area contributed by atoms with Gasteiger partial charge in [0.1, 0.15) is 11.6 Å². The lowest BCUT2D eigenvalue weighted by Crippen LogP contribution is -2.27. The normalized spacial score (nSPS) is 10.4. The summed E-state index contributed by atoms with van der Waals surface area (Å²) in [5.41, 5.74) is 2.42. The predicted molar refractivity (Wildman–Crippen MR) is 81.1 cm³/mol. The first-order valence-corrected chi connectivity index (χ1v) is 6.98. The van der Waals surface area contributed by atoms with Crippen LogP contribution in [0.25, 0.3) is 0 Å². The van der Waals surface area contributed by atoms with Gasteiger partial charge in [0.2, 0.25) is 5.91 Å². The summed E-state index contributed by atoms with van der Waals surface area (Å²) in [6, 6.07) is 5.95. The molecule has 0 aliphatic carbocycles. The quantitative estimate of drug-likeness (QED) is 0.888. The summed E-state index contributed by atoms with van der Waals surface area (Å²) >= 11 is 0. The highest BCUT2D eigenvalue weighted by Gasteiger charge is 2.10. The molecule has 0 atom stereocenters. The van der Waals surface area contributed by atoms with E-state index in [0.29, 0.717) is 19.6 Å². The van der Waals surface area contributed by atoms with Crippen LogP contribution in [0.15, 0.2) is 30.6 Å². The number of benzene rings is 1. The molecule has 2 rings (SSSR count). The second kappa shape index (κ2) is 6.92. The number of aromatic amines is 1. The van der Waals surface area contributed by atoms with E-state index < -0.39 is 0 Å². The van der Waals surface area contributed by atoms with Gasteiger partial charge in [-0.05, 0) is 37.1 Å². The number of aryl methyl sites for hydroxylation is 2. The molecule has 21 heavy (non-hydrogen) atoms. The third kappa shape index (κ3) is 4.34. The minimum Gasteiger partial charge on any atom is -0.493 e. The number of aromatic nitrogens is 2. The Morgan fingerprint density at radius 2 is 2.14 bits per heavy atom. The van der Waals surface area contributed by atoms with Gasteiger partial charge in [0.05, 0.1) is 19.6 Å². The Bertz CT molecular complexity index is 594. The summed E-state index contributed by atoms with van der Waals surface area (Å²) in [6.07, 6.45) is 3.77. The number of carbonyl (C=O) groups is 1. The molecular weight excluding hydrogens is 266 g/mol. The number of ether oxygens (including phenoxy) is 1. The minimum atomic E-state index is 0.0373. The fourth-order valence-corrected chi connectivity index (χ4v) is 1.95. The number of nitrogens with zero attached hydrogens (tertiary/aromatic N) is 2. The van der Waals surface area contributed by atoms with Crippen molar-refractivity contribution in [3.05, 3.63) is 47.5 Å². The smallest absolute Gasteiger partial charge is 0.226 e. The van der Waals surface area contributed by atoms with Gasteiger partial charge in [0.25, 0.3) is 0 Å². The highest BCUT2D eigenvalue weighted by atomic mass is 16.5. The third-order valence-corrected chi connectivity index (χ3v) is 3.43. The number of H-pyrrole nitrogens is 1. The fraction of sp³-hybridized carbons (Fsp3) is 0.375. The second-order valence-electron chi connectivity index (χ2n) is 5.13. The van der Waals surface area contributed by atoms with Crippen molar-refractivity contribution in [3.63, 3.8) is 0 Å². The highest BCUT2D eigenvalue weighted by molar-refractivity contribution is 5.75. The van der Waals surface area contributed by atoms with E-state index in [-0.39, 0.29) is 5.91 Å². The number of rotatable bonds is 6. The molecule has 0 aliphatic rings. The number of hydrogen-bond donors (Lipinski definition) is 1. The molecule has 0 saturated carbocycles. The fourth-order valence-electron chi connectivity index (χ4n) is 1.95. The molecule has 0 saturated heterocycles. The Morgan fingerprint density at radius 3 is 2.81 bits per heavy atom. The second-order valence-corrected chi connectivity index (χ2v) is 5.13. The molecule has 1 N–H and O–H groups in total. The number of carbonyl (C=O) groups excluding carboxylic acids is 1. The Morgan fingerprint density at radius 1 is 1.33 bits per heavy atom. The largest absolute Gasteiger partial charge is 0.493 e. The predicted octanol–water partition coefficient (Wildman–Crippen LogP) is 2.45. The maximum absolute atomic E-state index is 12.0. The van der Waals surface area contributed by atoms with Gasteiger partial charge in [-0.2, -0.15) is 0 Å². The molecular formula is C16H21N3O2. The van der Waals surface area contributed by atoms with E-state index in [9.17, 15) is 4.79 Å². The minimum absolute atomic E-state index is 0.0373. The maximum Gasteiger partial charge on any atom is 0.226 e. The van der Waals surface area contributed by atoms with Crippen LogP contribution in [0, 0.1) is 13.8 Å². The van der Waals surface area contributed by atoms with Crippen LogP contribution in [0.4, 0.5) is 0 Å². The third-order valence-electron chi connectivity index (χ3n) is 3.43. The Kier molecular flexibility index (Phi) is 4.98. The van der Waals surface area contributed by atoms with Gasteiger partial charge in [-0.3, -0.25) is 4.79 Å². The van der Waals surface area contributed by atoms with Crippen LogP contribution in [0.3, 0.4) is 0 Å². The van der Waals surface area contributed by atoms with Crippen molar-refractivity contribution in [2.45, 2.75) is 26.8 Å². The zero-order chi connectivity index (χ0) is 15.2. The van der Waals surface area contributed by atoms with Gasteiger partial charge in [0.15, 0.2) is 0 Å². The molecule has 0 aliphatic heterocycles. The van der Waals surface area contributed by atoms with E-state index in [1.807, 2.05) is 25.1 Å². The highest BCUT2D eigenvalue weighted by Crippen LogP contribution is 2.16. The zero-order valence-corrected chi connectivity index (χ0v) is 12.7. The van der Waals surface area contributed by atoms with E-state index in [1.54, 1.807) is 24.3 Å². The first-order chi connectivity index (χ1) is 10.1. The average molecular weight is 287 g/mol. The van der Waals surface area contributed by atoms with Crippen LogP contribution in [-0.4, -0.2) is 34.4 Å². The van der Waals surface area contributed by atoms with Crippen molar-refractivity contribution in [1.29, 1.82) is 0 Å². The molecule has 5 heteroatoms. The van der Waals surface area contributed by atoms with E-state index >= 15 is 0 Å². The molecule has 1 amide bonds. The molecule has 1 aromatic heterocycles. The zero-order valence-electron chi connectivity index (χ0n) is 12.7. The molecule has 0 fully saturated rings. The molecule has 5 nitrogen and oxygen atoms in total. The van der Waals surface area contributed by atoms with Crippen LogP contribution in [0.2, 0.25) is 0 Å². The SMILES string of the molecule is Cc1ccc(OCCC(=O)N(C)Cc2ncc[nH]2)cc1C. The maximum atomic E-state index is 12.0. The standard InChI is InChI=1S/C16H21N3O2/c1-12-4-5-14(10-13(12)2)21-9-6-16(20)19(3)11-15-17-7-8-18-15/h4-5,7-8,10H,6,9,11H2,1-3H3,(H,17,18). The topological polar surface area (TPSA) is 58.2 Å². The van der Waals surface area contributed by atoms with Gasteiger partial charge in [-0.1, -0.05) is 6.07 Å². The molecule has 0 unspecified atom stereocenters. The lowest BCUT2D eigenvalue weighted by atomic mass is 10.1. The lowest BCUT2D eigenvalue weighted by molar-refractivity contribution is -0.131. The van der Waals surface area contributed by atoms with Crippen LogP contribution in [-0.2, 0) is 11.3 Å². The van der Waals surface area contributed by atoms with Crippen LogP contribution >= 0.6 is 0 Å². The van der Waals surface area contributed by atoms with E-state index in [0.717, 1.165) is 11.6 Å². The van der Waals surface area contributed by atoms with Crippen molar-refractivity contribution >= 4 is 5.91 Å². The van der Waals surface area contributed by atoms with Crippen molar-refractivity contribution < 1.29 is 9.53 Å². The number of amides is 1. The van der Waals surface area contributed by atoms with Crippen LogP contribution < -0.4 is 4.74 Å². The summed E-state index contributed by atoms with van der Waals surface area (Å²) in [5.74, 6) is 1.62. The van der Waals surface area contributed by atoms with Gasteiger partial charge < -0.3 is 14.6 Å². The molecule has 0 bridgehead atoms. The van der Waals surface area contributed by atoms with Crippen molar-refractivity contribution in [2.75, 3.05) is 13.7 Å². The van der Waals surface area contributed by atoms with Gasteiger partial charge >= 0.3 is 0 Å². The summed E-state index contributed by atoms with van der Waals surface area (Å²) in [5, 5.41) is 0. The Hall–Kier alpha value is -2.30. The van der Waals surface area contributed by atoms with Gasteiger partial charge in [-0.15, -0.1) is 0 Å². The van der Waals surface area contributed by atoms with E-state index in [1.165, 1.54) is 11.1 Å². The summed E-state index contributed by atoms with van der Waals surface area (Å²) in [7, 11) is 1.76. The average Bonchev–Trinajstić information content (AvgIpc) is 2.95. The lowest BCUT2D eigenvalue weighted by Gasteiger charge is -2.16. The Labute approximate surface area is 125 Å². The first-order valence-electron chi connectivity index (χ1n) is 6.98. The molecule has 2 aromatic rings. The summed E-state index contributed by atoms with van der Waals surface area (Å²) < 4.78 is 5.63. The van der Waals surface area contributed by atoms with Gasteiger partial charge in [-0.25, -0.2) is 4.98 Å². The van der Waals surface area contributed by atoms with Crippen LogP contribution in [0.5, 0.6) is 5.75 Å². The van der Waals surface area contributed by atoms with Crippen molar-refractivity contribution in [3.8, 4) is 5.75 Å². The van der Waals surface area contributed by atoms with Gasteiger partial charge in [0, 0.05) is 19.4 Å². The molecule has 0 radical (unpaired) electrons. The number of imidazole rings is 1. The summed E-state index contributed by atoms with van der Waals surface area (Å²) in [4.78, 5) is 20.7. The van der Waals surface area contributed by atoms with Crippen LogP contribution in [0.1, 0.15) is 23.4 Å². The van der Waals surface area contributed by atoms with Crippen molar-refractivity contribution in [2.24, 2.45) is 0 Å². The molecule has 0 spiro atoms.